The molecule has 0 N–H and O–H groups in total. The van der Waals surface area contributed by atoms with Crippen LogP contribution in [0.3, 0.4) is 0 Å². The number of imidazole rings is 1. The molecule has 1 atom stereocenters. The van der Waals surface area contributed by atoms with Crippen molar-refractivity contribution in [3.8, 4) is 0 Å². The van der Waals surface area contributed by atoms with Crippen LogP contribution >= 0.6 is 11.6 Å². The monoisotopic (exact) mass is 263 g/mol. The molecular formula is C9H14ClN3O2S. The largest absolute Gasteiger partial charge is 0.339 e. The zero-order chi connectivity index (χ0) is 11.8. The van der Waals surface area contributed by atoms with E-state index in [1.54, 1.807) is 11.6 Å². The Hall–Kier alpha value is -0.590. The first-order valence-electron chi connectivity index (χ1n) is 5.08. The van der Waals surface area contributed by atoms with Gasteiger partial charge in [0.15, 0.2) is 5.03 Å². The number of hydrogen-bond donors (Lipinski definition) is 0. The van der Waals surface area contributed by atoms with Crippen molar-refractivity contribution in [1.29, 1.82) is 0 Å². The number of alkyl halides is 1. The third-order valence-corrected chi connectivity index (χ3v) is 4.94. The first-order chi connectivity index (χ1) is 7.54. The summed E-state index contributed by atoms with van der Waals surface area (Å²) in [4.78, 5) is 3.88. The van der Waals surface area contributed by atoms with Crippen LogP contribution in [0, 0.1) is 5.92 Å². The Morgan fingerprint density at radius 3 is 2.88 bits per heavy atom. The molecule has 0 aromatic carbocycles. The van der Waals surface area contributed by atoms with E-state index in [9.17, 15) is 8.42 Å². The van der Waals surface area contributed by atoms with E-state index in [1.807, 2.05) is 0 Å². The minimum Gasteiger partial charge on any atom is -0.339 e. The number of aryl methyl sites for hydroxylation is 1. The Bertz CT molecular complexity index is 471. The maximum atomic E-state index is 12.1. The van der Waals surface area contributed by atoms with Gasteiger partial charge in [0.25, 0.3) is 10.0 Å². The summed E-state index contributed by atoms with van der Waals surface area (Å²) in [6.07, 6.45) is 3.83. The summed E-state index contributed by atoms with van der Waals surface area (Å²) >= 11 is 5.73. The van der Waals surface area contributed by atoms with Gasteiger partial charge in [-0.15, -0.1) is 11.6 Å². The van der Waals surface area contributed by atoms with Crippen molar-refractivity contribution in [2.45, 2.75) is 11.4 Å². The van der Waals surface area contributed by atoms with Crippen molar-refractivity contribution in [3.05, 3.63) is 12.5 Å². The Balaban J connectivity index is 2.21. The fourth-order valence-corrected chi connectivity index (χ4v) is 3.54. The van der Waals surface area contributed by atoms with Gasteiger partial charge < -0.3 is 4.57 Å². The summed E-state index contributed by atoms with van der Waals surface area (Å²) in [5.41, 5.74) is 0. The summed E-state index contributed by atoms with van der Waals surface area (Å²) in [7, 11) is -1.67. The summed E-state index contributed by atoms with van der Waals surface area (Å²) in [5, 5.41) is 0.116. The highest BCUT2D eigenvalue weighted by Gasteiger charge is 2.33. The molecule has 0 saturated carbocycles. The van der Waals surface area contributed by atoms with Gasteiger partial charge in [0.2, 0.25) is 0 Å². The van der Waals surface area contributed by atoms with Gasteiger partial charge in [-0.2, -0.15) is 4.31 Å². The molecule has 5 nitrogen and oxygen atoms in total. The number of hydrogen-bond acceptors (Lipinski definition) is 3. The summed E-state index contributed by atoms with van der Waals surface area (Å²) < 4.78 is 27.3. The number of aromatic nitrogens is 2. The van der Waals surface area contributed by atoms with Gasteiger partial charge in [0.1, 0.15) is 0 Å². The van der Waals surface area contributed by atoms with Crippen LogP contribution < -0.4 is 0 Å². The van der Waals surface area contributed by atoms with E-state index in [-0.39, 0.29) is 10.9 Å². The van der Waals surface area contributed by atoms with Crippen molar-refractivity contribution >= 4 is 21.6 Å². The van der Waals surface area contributed by atoms with Gasteiger partial charge in [-0.25, -0.2) is 13.4 Å². The highest BCUT2D eigenvalue weighted by atomic mass is 35.5. The smallest absolute Gasteiger partial charge is 0.262 e. The lowest BCUT2D eigenvalue weighted by Gasteiger charge is -2.13. The molecule has 16 heavy (non-hydrogen) atoms. The van der Waals surface area contributed by atoms with Crippen LogP contribution in [-0.4, -0.2) is 41.2 Å². The lowest BCUT2D eigenvalue weighted by Crippen LogP contribution is -2.29. The second kappa shape index (κ2) is 4.35. The van der Waals surface area contributed by atoms with E-state index >= 15 is 0 Å². The summed E-state index contributed by atoms with van der Waals surface area (Å²) in [6.45, 7) is 1.04. The van der Waals surface area contributed by atoms with E-state index in [4.69, 9.17) is 11.6 Å². The molecule has 1 fully saturated rings. The molecule has 0 radical (unpaired) electrons. The normalized spacial score (nSPS) is 22.8. The van der Waals surface area contributed by atoms with E-state index in [2.05, 4.69) is 4.98 Å². The molecule has 1 unspecified atom stereocenters. The van der Waals surface area contributed by atoms with Gasteiger partial charge >= 0.3 is 0 Å². The van der Waals surface area contributed by atoms with E-state index < -0.39 is 10.0 Å². The second-order valence-electron chi connectivity index (χ2n) is 4.05. The zero-order valence-electron chi connectivity index (χ0n) is 9.00. The third-order valence-electron chi connectivity index (χ3n) is 2.75. The molecule has 1 aromatic heterocycles. The van der Waals surface area contributed by atoms with Gasteiger partial charge in [-0.1, -0.05) is 0 Å². The molecule has 2 rings (SSSR count). The Kier molecular flexibility index (Phi) is 3.23. The first kappa shape index (κ1) is 11.9. The SMILES string of the molecule is Cn1cnc(S(=O)(=O)N2CCC(CCl)C2)c1. The average molecular weight is 264 g/mol. The predicted octanol–water partition coefficient (Wildman–Crippen LogP) is 0.669. The molecule has 90 valence electrons. The highest BCUT2D eigenvalue weighted by molar-refractivity contribution is 7.89. The van der Waals surface area contributed by atoms with E-state index in [0.29, 0.717) is 19.0 Å². The summed E-state index contributed by atoms with van der Waals surface area (Å²) in [6, 6.07) is 0. The van der Waals surface area contributed by atoms with Crippen molar-refractivity contribution in [3.63, 3.8) is 0 Å². The van der Waals surface area contributed by atoms with Crippen LogP contribution in [0.2, 0.25) is 0 Å². The number of nitrogens with zero attached hydrogens (tertiary/aromatic N) is 3. The second-order valence-corrected chi connectivity index (χ2v) is 6.24. The van der Waals surface area contributed by atoms with E-state index in [1.165, 1.54) is 16.8 Å². The molecule has 1 aliphatic rings. The first-order valence-corrected chi connectivity index (χ1v) is 7.05. The lowest BCUT2D eigenvalue weighted by atomic mass is 10.2. The van der Waals surface area contributed by atoms with Crippen molar-refractivity contribution < 1.29 is 8.42 Å². The maximum absolute atomic E-state index is 12.1. The fraction of sp³-hybridized carbons (Fsp3) is 0.667. The Morgan fingerprint density at radius 1 is 1.62 bits per heavy atom. The quantitative estimate of drug-likeness (QED) is 0.754. The Labute approximate surface area is 100 Å². The average Bonchev–Trinajstić information content (AvgIpc) is 2.85. The van der Waals surface area contributed by atoms with Crippen LogP contribution in [0.15, 0.2) is 17.6 Å². The van der Waals surface area contributed by atoms with Gasteiger partial charge in [-0.05, 0) is 12.3 Å². The van der Waals surface area contributed by atoms with Gasteiger partial charge in [0.05, 0.1) is 6.33 Å². The molecule has 0 amide bonds. The molecule has 1 aliphatic heterocycles. The van der Waals surface area contributed by atoms with Crippen LogP contribution in [-0.2, 0) is 17.1 Å². The standard InChI is InChI=1S/C9H14ClN3O2S/c1-12-6-9(11-7-12)16(14,15)13-3-2-8(4-10)5-13/h6-8H,2-5H2,1H3. The fourth-order valence-electron chi connectivity index (χ4n) is 1.80. The molecule has 0 aliphatic carbocycles. The zero-order valence-corrected chi connectivity index (χ0v) is 10.6. The van der Waals surface area contributed by atoms with Crippen molar-refractivity contribution in [2.75, 3.05) is 19.0 Å². The topological polar surface area (TPSA) is 55.2 Å². The van der Waals surface area contributed by atoms with E-state index in [0.717, 1.165) is 6.42 Å². The minimum atomic E-state index is -3.42. The van der Waals surface area contributed by atoms with Crippen LogP contribution in [0.1, 0.15) is 6.42 Å². The molecule has 0 spiro atoms. The third kappa shape index (κ3) is 2.09. The lowest BCUT2D eigenvalue weighted by molar-refractivity contribution is 0.463. The molecular weight excluding hydrogens is 250 g/mol. The molecule has 1 saturated heterocycles. The predicted molar refractivity (Wildman–Crippen MR) is 60.8 cm³/mol. The maximum Gasteiger partial charge on any atom is 0.262 e. The highest BCUT2D eigenvalue weighted by Crippen LogP contribution is 2.23. The van der Waals surface area contributed by atoms with Crippen molar-refractivity contribution in [1.82, 2.24) is 13.9 Å². The van der Waals surface area contributed by atoms with Crippen LogP contribution in [0.4, 0.5) is 0 Å². The van der Waals surface area contributed by atoms with Crippen LogP contribution in [0.25, 0.3) is 0 Å². The molecule has 2 heterocycles. The molecule has 1 aromatic rings. The number of rotatable bonds is 3. The minimum absolute atomic E-state index is 0.116. The van der Waals surface area contributed by atoms with Crippen LogP contribution in [0.5, 0.6) is 0 Å². The molecule has 7 heteroatoms. The van der Waals surface area contributed by atoms with Gasteiger partial charge in [-0.3, -0.25) is 0 Å². The Morgan fingerprint density at radius 2 is 2.38 bits per heavy atom. The van der Waals surface area contributed by atoms with Gasteiger partial charge in [0, 0.05) is 32.2 Å². The molecule has 0 bridgehead atoms. The summed E-state index contributed by atoms with van der Waals surface area (Å²) in [5.74, 6) is 0.772. The van der Waals surface area contributed by atoms with Crippen molar-refractivity contribution in [2.24, 2.45) is 13.0 Å². The number of sulfonamides is 1. The number of halogens is 1.